The van der Waals surface area contributed by atoms with Gasteiger partial charge >= 0.3 is 0 Å². The molecule has 4 nitrogen and oxygen atoms in total. The van der Waals surface area contributed by atoms with Gasteiger partial charge in [-0.05, 0) is 178 Å². The van der Waals surface area contributed by atoms with E-state index < -0.39 is 5.78 Å². The van der Waals surface area contributed by atoms with Gasteiger partial charge in [0.05, 0.1) is 0 Å². The van der Waals surface area contributed by atoms with E-state index in [0.717, 1.165) is 57.9 Å². The number of hydrogen-bond acceptors (Lipinski definition) is 4. The molecule has 0 amide bonds. The predicted molar refractivity (Wildman–Crippen MR) is 340 cm³/mol. The number of rotatable bonds is 17. The number of carbonyl (C=O) groups excluding carboxylic acids is 1. The summed E-state index contributed by atoms with van der Waals surface area (Å²) < 4.78 is 11.6. The normalized spacial score (nSPS) is 17.4. The van der Waals surface area contributed by atoms with Crippen molar-refractivity contribution in [3.63, 3.8) is 0 Å². The first kappa shape index (κ1) is 54.2. The van der Waals surface area contributed by atoms with E-state index in [9.17, 15) is 9.90 Å². The van der Waals surface area contributed by atoms with Crippen LogP contribution in [0.25, 0.3) is 55.7 Å². The van der Waals surface area contributed by atoms with Gasteiger partial charge in [-0.2, -0.15) is 0 Å². The molecular formula is C77H72O4. The number of aliphatic hydroxyl groups excluding tert-OH is 1. The molecule has 0 unspecified atom stereocenters. The zero-order chi connectivity index (χ0) is 57.2. The summed E-state index contributed by atoms with van der Waals surface area (Å²) in [6.45, 7) is 34.5. The molecule has 0 radical (unpaired) electrons. The Kier molecular flexibility index (Phi) is 13.9. The van der Waals surface area contributed by atoms with Gasteiger partial charge in [0.1, 0.15) is 23.9 Å². The Bertz CT molecular complexity index is 3950. The van der Waals surface area contributed by atoms with Gasteiger partial charge in [0.15, 0.2) is 12.4 Å². The van der Waals surface area contributed by atoms with Crippen LogP contribution in [-0.2, 0) is 31.2 Å². The standard InChI is InChI=1S/C77H72O4/c1-13-14-17-57-44-74(5,6)69-39-53(26-33-62(57)69)49(3)21-23-58-45-75(7,8)70-38-52(27-34-63(58)70)48(2)20-22-50(4)80-46-59(78)43-60(79)47-81-61-31-24-51(25-32-61)54-28-35-66-67-37-30-56(42-73(67)77(11,12)72(66)40-54)55-29-36-65-64-18-15-16-19-68(64)76(9,10)71(65)41-55/h13-28,30-35,37-45,78H,1-4,29,36,46-47H2,5-12H3/b17-14-,22-20-,23-21-,59-43?. The predicted octanol–water partition coefficient (Wildman–Crippen LogP) is 19.1. The van der Waals surface area contributed by atoms with Crippen molar-refractivity contribution in [2.45, 2.75) is 89.9 Å². The van der Waals surface area contributed by atoms with Gasteiger partial charge in [0, 0.05) is 27.7 Å². The van der Waals surface area contributed by atoms with Crippen LogP contribution in [0.5, 0.6) is 5.75 Å². The molecule has 6 aromatic rings. The van der Waals surface area contributed by atoms with Crippen LogP contribution in [0.15, 0.2) is 232 Å². The van der Waals surface area contributed by atoms with Crippen molar-refractivity contribution in [1.82, 2.24) is 0 Å². The first-order valence-electron chi connectivity index (χ1n) is 28.2. The summed E-state index contributed by atoms with van der Waals surface area (Å²) in [5.41, 5.74) is 26.7. The second-order valence-electron chi connectivity index (χ2n) is 24.5. The second kappa shape index (κ2) is 20.7. The van der Waals surface area contributed by atoms with E-state index in [0.29, 0.717) is 11.5 Å². The van der Waals surface area contributed by atoms with Gasteiger partial charge in [-0.3, -0.25) is 4.79 Å². The van der Waals surface area contributed by atoms with E-state index in [1.165, 1.54) is 83.5 Å². The van der Waals surface area contributed by atoms with Crippen LogP contribution >= 0.6 is 0 Å². The van der Waals surface area contributed by atoms with E-state index >= 15 is 0 Å². The maximum atomic E-state index is 12.9. The zero-order valence-electron chi connectivity index (χ0n) is 48.2. The lowest BCUT2D eigenvalue weighted by Crippen LogP contribution is -2.17. The van der Waals surface area contributed by atoms with Crippen LogP contribution in [0.1, 0.15) is 129 Å². The lowest BCUT2D eigenvalue weighted by atomic mass is 9.77. The molecule has 5 aliphatic rings. The first-order valence-corrected chi connectivity index (χ1v) is 28.2. The Balaban J connectivity index is 0.658. The highest BCUT2D eigenvalue weighted by atomic mass is 16.5. The number of benzene rings is 6. The number of allylic oxidation sites excluding steroid dienone is 17. The quantitative estimate of drug-likeness (QED) is 0.0562. The van der Waals surface area contributed by atoms with Gasteiger partial charge in [-0.25, -0.2) is 0 Å². The molecule has 1 N–H and O–H groups in total. The Morgan fingerprint density at radius 1 is 0.568 bits per heavy atom. The molecule has 11 rings (SSSR count). The third kappa shape index (κ3) is 10.2. The second-order valence-corrected chi connectivity index (χ2v) is 24.5. The Hall–Kier alpha value is -8.73. The van der Waals surface area contributed by atoms with Gasteiger partial charge in [0.25, 0.3) is 0 Å². The molecule has 0 saturated carbocycles. The van der Waals surface area contributed by atoms with Crippen molar-refractivity contribution >= 4 is 39.2 Å². The molecule has 6 aromatic carbocycles. The van der Waals surface area contributed by atoms with E-state index in [1.54, 1.807) is 6.08 Å². The molecule has 0 atom stereocenters. The Labute approximate surface area is 480 Å². The Morgan fingerprint density at radius 2 is 1.15 bits per heavy atom. The fourth-order valence-corrected chi connectivity index (χ4v) is 12.9. The molecule has 81 heavy (non-hydrogen) atoms. The van der Waals surface area contributed by atoms with Crippen molar-refractivity contribution in [3.8, 4) is 28.0 Å². The summed E-state index contributed by atoms with van der Waals surface area (Å²) in [4.78, 5) is 12.9. The van der Waals surface area contributed by atoms with Gasteiger partial charge in [-0.15, -0.1) is 0 Å². The van der Waals surface area contributed by atoms with Crippen LogP contribution in [0.2, 0.25) is 0 Å². The summed E-state index contributed by atoms with van der Waals surface area (Å²) in [5.74, 6) is 0.259. The van der Waals surface area contributed by atoms with E-state index in [-0.39, 0.29) is 40.6 Å². The van der Waals surface area contributed by atoms with Crippen LogP contribution in [0.4, 0.5) is 0 Å². The van der Waals surface area contributed by atoms with E-state index in [2.05, 4.69) is 215 Å². The van der Waals surface area contributed by atoms with Crippen LogP contribution in [0, 0.1) is 0 Å². The first-order chi connectivity index (χ1) is 38.6. The number of fused-ring (bicyclic) bond motifs is 7. The lowest BCUT2D eigenvalue weighted by molar-refractivity contribution is -0.116. The number of carbonyl (C=O) groups is 1. The number of ether oxygens (including phenoxy) is 2. The summed E-state index contributed by atoms with van der Waals surface area (Å²) in [6.07, 6.45) is 24.1. The number of ketones is 1. The van der Waals surface area contributed by atoms with Crippen molar-refractivity contribution in [2.24, 2.45) is 0 Å². The molecule has 4 heteroatoms. The zero-order valence-corrected chi connectivity index (χ0v) is 48.2. The lowest BCUT2D eigenvalue weighted by Gasteiger charge is -2.26. The maximum absolute atomic E-state index is 12.9. The molecule has 0 saturated heterocycles. The molecule has 5 aliphatic carbocycles. The van der Waals surface area contributed by atoms with Crippen LogP contribution in [-0.4, -0.2) is 24.1 Å². The minimum Gasteiger partial charge on any atom is -0.509 e. The topological polar surface area (TPSA) is 55.8 Å². The van der Waals surface area contributed by atoms with E-state index in [1.807, 2.05) is 42.5 Å². The molecule has 0 spiro atoms. The summed E-state index contributed by atoms with van der Waals surface area (Å²) >= 11 is 0. The molecule has 0 aromatic heterocycles. The monoisotopic (exact) mass is 1060 g/mol. The highest BCUT2D eigenvalue weighted by Crippen LogP contribution is 2.54. The van der Waals surface area contributed by atoms with Crippen molar-refractivity contribution in [1.29, 1.82) is 0 Å². The van der Waals surface area contributed by atoms with Crippen molar-refractivity contribution in [2.75, 3.05) is 13.2 Å². The molecule has 0 heterocycles. The van der Waals surface area contributed by atoms with Crippen molar-refractivity contribution in [3.05, 3.63) is 293 Å². The maximum Gasteiger partial charge on any atom is 0.196 e. The smallest absolute Gasteiger partial charge is 0.196 e. The minimum absolute atomic E-state index is 0.00370. The average molecular weight is 1060 g/mol. The summed E-state index contributed by atoms with van der Waals surface area (Å²) in [7, 11) is 0. The van der Waals surface area contributed by atoms with Crippen LogP contribution < -0.4 is 4.74 Å². The highest BCUT2D eigenvalue weighted by molar-refractivity contribution is 5.93. The highest BCUT2D eigenvalue weighted by Gasteiger charge is 2.40. The minimum atomic E-state index is -0.391. The molecular weight excluding hydrogens is 989 g/mol. The third-order valence-electron chi connectivity index (χ3n) is 17.4. The Morgan fingerprint density at radius 3 is 1.80 bits per heavy atom. The fourth-order valence-electron chi connectivity index (χ4n) is 12.9. The summed E-state index contributed by atoms with van der Waals surface area (Å²) in [6, 6.07) is 43.7. The fraction of sp³-hybridized carbons (Fsp3) is 0.208. The molecule has 0 bridgehead atoms. The molecule has 0 fully saturated rings. The molecule has 0 aliphatic heterocycles. The van der Waals surface area contributed by atoms with E-state index in [4.69, 9.17) is 9.47 Å². The van der Waals surface area contributed by atoms with Crippen molar-refractivity contribution < 1.29 is 19.4 Å². The van der Waals surface area contributed by atoms with Crippen LogP contribution in [0.3, 0.4) is 0 Å². The van der Waals surface area contributed by atoms with Gasteiger partial charge < -0.3 is 14.6 Å². The number of hydrogen-bond donors (Lipinski definition) is 1. The SMILES string of the molecule is C=C/C=C\C1=CC(C)(C)c2cc(C(=C)/C=C\C3=CC(C)(C)c4cc(C(=C)/C=C\C(=C)OCC(O)=CC(=O)COc5ccc(-c6ccc7c(c6)C(C)(C)c6cc(C8=CC9=C(CC8)c8ccccc8C9(C)C)ccc6-7)cc5)ccc43)ccc21. The average Bonchev–Trinajstić information content (AvgIpc) is 4.12. The van der Waals surface area contributed by atoms with Gasteiger partial charge in [-0.1, -0.05) is 221 Å². The largest absolute Gasteiger partial charge is 0.509 e. The number of aliphatic hydroxyl groups is 1. The summed E-state index contributed by atoms with van der Waals surface area (Å²) in [5, 5.41) is 10.6. The van der Waals surface area contributed by atoms with Gasteiger partial charge in [0.2, 0.25) is 0 Å². The third-order valence-corrected chi connectivity index (χ3v) is 17.4. The molecule has 404 valence electrons.